The molecule has 5 nitrogen and oxygen atoms in total. The number of piperidine rings is 1. The summed E-state index contributed by atoms with van der Waals surface area (Å²) in [6.45, 7) is 3.04. The van der Waals surface area contributed by atoms with E-state index in [-0.39, 0.29) is 17.8 Å². The van der Waals surface area contributed by atoms with E-state index < -0.39 is 0 Å². The highest BCUT2D eigenvalue weighted by atomic mass is 19.1. The Morgan fingerprint density at radius 3 is 3.00 bits per heavy atom. The normalized spacial score (nSPS) is 22.6. The molecule has 1 aromatic heterocycles. The van der Waals surface area contributed by atoms with Crippen molar-refractivity contribution in [2.45, 2.75) is 51.1 Å². The first-order chi connectivity index (χ1) is 12.1. The van der Waals surface area contributed by atoms with E-state index >= 15 is 0 Å². The largest absolute Gasteiger partial charge is 0.348 e. The van der Waals surface area contributed by atoms with E-state index in [9.17, 15) is 9.18 Å². The lowest BCUT2D eigenvalue weighted by Crippen LogP contribution is -2.46. The van der Waals surface area contributed by atoms with Crippen LogP contribution in [0.25, 0.3) is 5.69 Å². The highest BCUT2D eigenvalue weighted by molar-refractivity contribution is 5.94. The molecule has 1 fully saturated rings. The molecule has 0 saturated carbocycles. The first-order valence-electron chi connectivity index (χ1n) is 9.03. The molecule has 132 valence electrons. The lowest BCUT2D eigenvalue weighted by atomic mass is 10.0. The molecule has 2 aromatic rings. The second kappa shape index (κ2) is 6.59. The molecule has 2 heterocycles. The van der Waals surface area contributed by atoms with Gasteiger partial charge in [-0.05, 0) is 57.7 Å². The number of para-hydroxylation sites is 1. The molecule has 0 radical (unpaired) electrons. The topological polar surface area (TPSA) is 59.0 Å². The van der Waals surface area contributed by atoms with Gasteiger partial charge in [-0.15, -0.1) is 0 Å². The molecule has 6 heteroatoms. The molecule has 1 saturated heterocycles. The number of nitrogens with one attached hydrogen (secondary N) is 2. The predicted octanol–water partition coefficient (Wildman–Crippen LogP) is 2.37. The van der Waals surface area contributed by atoms with Crippen LogP contribution in [0.4, 0.5) is 4.39 Å². The van der Waals surface area contributed by atoms with Gasteiger partial charge in [-0.1, -0.05) is 12.1 Å². The highest BCUT2D eigenvalue weighted by Crippen LogP contribution is 2.28. The van der Waals surface area contributed by atoms with Crippen LogP contribution in [-0.2, 0) is 12.8 Å². The molecular formula is C19H23FN4O. The van der Waals surface area contributed by atoms with Gasteiger partial charge < -0.3 is 10.6 Å². The Balaban J connectivity index is 1.63. The maximum atomic E-state index is 14.2. The van der Waals surface area contributed by atoms with Crippen LogP contribution in [0.5, 0.6) is 0 Å². The highest BCUT2D eigenvalue weighted by Gasteiger charge is 2.29. The number of amides is 1. The maximum Gasteiger partial charge on any atom is 0.272 e. The monoisotopic (exact) mass is 342 g/mol. The Hall–Kier alpha value is -2.21. The van der Waals surface area contributed by atoms with Crippen molar-refractivity contribution in [1.82, 2.24) is 20.4 Å². The summed E-state index contributed by atoms with van der Waals surface area (Å²) in [6, 6.07) is 7.15. The summed E-state index contributed by atoms with van der Waals surface area (Å²) < 4.78 is 15.8. The molecule has 1 aromatic carbocycles. The summed E-state index contributed by atoms with van der Waals surface area (Å²) in [7, 11) is 0. The molecule has 1 aliphatic carbocycles. The Kier molecular flexibility index (Phi) is 4.29. The maximum absolute atomic E-state index is 14.2. The van der Waals surface area contributed by atoms with E-state index in [2.05, 4.69) is 22.7 Å². The zero-order chi connectivity index (χ0) is 17.4. The van der Waals surface area contributed by atoms with Crippen LogP contribution in [0, 0.1) is 5.82 Å². The number of carbonyl (C=O) groups excluding carboxylic acids is 1. The number of rotatable bonds is 3. The minimum absolute atomic E-state index is 0.132. The molecule has 0 bridgehead atoms. The van der Waals surface area contributed by atoms with Crippen molar-refractivity contribution in [3.8, 4) is 5.69 Å². The third-order valence-electron chi connectivity index (χ3n) is 5.18. The number of hydrogen-bond acceptors (Lipinski definition) is 3. The Labute approximate surface area is 146 Å². The number of aromatic nitrogens is 2. The summed E-state index contributed by atoms with van der Waals surface area (Å²) in [4.78, 5) is 12.8. The fourth-order valence-corrected chi connectivity index (χ4v) is 3.96. The van der Waals surface area contributed by atoms with Crippen LogP contribution in [0.3, 0.4) is 0 Å². The zero-order valence-electron chi connectivity index (χ0n) is 14.4. The van der Waals surface area contributed by atoms with E-state index in [1.165, 1.54) is 6.07 Å². The lowest BCUT2D eigenvalue weighted by molar-refractivity contribution is 0.0919. The van der Waals surface area contributed by atoms with Crippen molar-refractivity contribution >= 4 is 5.91 Å². The average Bonchev–Trinajstić information content (AvgIpc) is 3.18. The van der Waals surface area contributed by atoms with Crippen LogP contribution in [0.2, 0.25) is 0 Å². The van der Waals surface area contributed by atoms with Gasteiger partial charge in [-0.3, -0.25) is 4.79 Å². The quantitative estimate of drug-likeness (QED) is 0.900. The standard InChI is InChI=1S/C19H23FN4O/c1-12-11-13(9-10-21-12)22-19(25)18-14-5-4-8-16(14)24(23-18)17-7-3-2-6-15(17)20/h2-3,6-7,12-13,21H,4-5,8-11H2,1H3,(H,22,25). The molecule has 25 heavy (non-hydrogen) atoms. The van der Waals surface area contributed by atoms with E-state index in [0.717, 1.165) is 49.9 Å². The second-order valence-corrected chi connectivity index (χ2v) is 7.04. The molecular weight excluding hydrogens is 319 g/mol. The van der Waals surface area contributed by atoms with Crippen LogP contribution in [0.1, 0.15) is 47.9 Å². The second-order valence-electron chi connectivity index (χ2n) is 7.04. The number of hydrogen-bond donors (Lipinski definition) is 2. The molecule has 1 amide bonds. The van der Waals surface area contributed by atoms with Crippen LogP contribution in [0.15, 0.2) is 24.3 Å². The number of nitrogens with zero attached hydrogens (tertiary/aromatic N) is 2. The molecule has 2 N–H and O–H groups in total. The van der Waals surface area contributed by atoms with Crippen molar-refractivity contribution in [2.75, 3.05) is 6.54 Å². The molecule has 2 aliphatic rings. The lowest BCUT2D eigenvalue weighted by Gasteiger charge is -2.28. The Bertz CT molecular complexity index is 801. The summed E-state index contributed by atoms with van der Waals surface area (Å²) in [5.41, 5.74) is 2.81. The summed E-state index contributed by atoms with van der Waals surface area (Å²) in [6.07, 6.45) is 4.48. The first kappa shape index (κ1) is 16.3. The number of carbonyl (C=O) groups is 1. The van der Waals surface area contributed by atoms with Gasteiger partial charge >= 0.3 is 0 Å². The van der Waals surface area contributed by atoms with Crippen molar-refractivity contribution in [1.29, 1.82) is 0 Å². The average molecular weight is 342 g/mol. The van der Waals surface area contributed by atoms with E-state index in [4.69, 9.17) is 0 Å². The van der Waals surface area contributed by atoms with Gasteiger partial charge in [-0.2, -0.15) is 5.10 Å². The Morgan fingerprint density at radius 2 is 2.20 bits per heavy atom. The molecule has 4 rings (SSSR count). The number of fused-ring (bicyclic) bond motifs is 1. The SMILES string of the molecule is CC1CC(NC(=O)c2nn(-c3ccccc3F)c3c2CCC3)CCN1. The van der Waals surface area contributed by atoms with Gasteiger partial charge in [0.25, 0.3) is 5.91 Å². The van der Waals surface area contributed by atoms with E-state index in [0.29, 0.717) is 17.4 Å². The van der Waals surface area contributed by atoms with Crippen molar-refractivity contribution in [3.63, 3.8) is 0 Å². The summed E-state index contributed by atoms with van der Waals surface area (Å²) >= 11 is 0. The van der Waals surface area contributed by atoms with E-state index in [1.54, 1.807) is 22.9 Å². The summed E-state index contributed by atoms with van der Waals surface area (Å²) in [5, 5.41) is 11.0. The van der Waals surface area contributed by atoms with E-state index in [1.807, 2.05) is 0 Å². The minimum atomic E-state index is -0.321. The van der Waals surface area contributed by atoms with Crippen LogP contribution in [-0.4, -0.2) is 34.3 Å². The fourth-order valence-electron chi connectivity index (χ4n) is 3.96. The van der Waals surface area contributed by atoms with Crippen molar-refractivity contribution in [2.24, 2.45) is 0 Å². The van der Waals surface area contributed by atoms with Crippen molar-refractivity contribution < 1.29 is 9.18 Å². The van der Waals surface area contributed by atoms with Gasteiger partial charge in [-0.25, -0.2) is 9.07 Å². The molecule has 0 spiro atoms. The fraction of sp³-hybridized carbons (Fsp3) is 0.474. The number of benzene rings is 1. The summed E-state index contributed by atoms with van der Waals surface area (Å²) in [5.74, 6) is -0.453. The molecule has 2 unspecified atom stereocenters. The zero-order valence-corrected chi connectivity index (χ0v) is 14.4. The Morgan fingerprint density at radius 1 is 1.36 bits per heavy atom. The predicted molar refractivity (Wildman–Crippen MR) is 93.5 cm³/mol. The van der Waals surface area contributed by atoms with Gasteiger partial charge in [0.15, 0.2) is 5.69 Å². The van der Waals surface area contributed by atoms with Gasteiger partial charge in [0.2, 0.25) is 0 Å². The van der Waals surface area contributed by atoms with Gasteiger partial charge in [0.1, 0.15) is 11.5 Å². The van der Waals surface area contributed by atoms with Crippen LogP contribution >= 0.6 is 0 Å². The van der Waals surface area contributed by atoms with Crippen LogP contribution < -0.4 is 10.6 Å². The first-order valence-corrected chi connectivity index (χ1v) is 9.03. The van der Waals surface area contributed by atoms with Crippen molar-refractivity contribution in [3.05, 3.63) is 47.0 Å². The molecule has 1 aliphatic heterocycles. The third kappa shape index (κ3) is 3.06. The smallest absolute Gasteiger partial charge is 0.272 e. The molecule has 2 atom stereocenters. The van der Waals surface area contributed by atoms with Gasteiger partial charge in [0.05, 0.1) is 0 Å². The van der Waals surface area contributed by atoms with Gasteiger partial charge in [0, 0.05) is 23.3 Å². The minimum Gasteiger partial charge on any atom is -0.348 e. The number of halogens is 1. The third-order valence-corrected chi connectivity index (χ3v) is 5.18.